The van der Waals surface area contributed by atoms with Crippen molar-refractivity contribution in [2.75, 3.05) is 0 Å². The van der Waals surface area contributed by atoms with Crippen molar-refractivity contribution in [1.82, 2.24) is 9.55 Å². The maximum Gasteiger partial charge on any atom is 0.329 e. The zero-order valence-corrected chi connectivity index (χ0v) is 13.9. The van der Waals surface area contributed by atoms with Crippen molar-refractivity contribution in [3.05, 3.63) is 68.9 Å². The molecule has 0 saturated heterocycles. The monoisotopic (exact) mass is 328 g/mol. The van der Waals surface area contributed by atoms with Crippen LogP contribution in [0.4, 0.5) is 0 Å². The second-order valence-corrected chi connectivity index (χ2v) is 6.79. The molecule has 0 spiro atoms. The number of aromatic amines is 1. The lowest BCUT2D eigenvalue weighted by Crippen LogP contribution is -2.35. The van der Waals surface area contributed by atoms with Crippen LogP contribution in [0.5, 0.6) is 0 Å². The number of hydrogen-bond acceptors (Lipinski definition) is 3. The van der Waals surface area contributed by atoms with Crippen LogP contribution in [0, 0.1) is 5.92 Å². The second kappa shape index (κ2) is 7.04. The average Bonchev–Trinajstić information content (AvgIpc) is 3.05. The molecule has 5 heteroatoms. The van der Waals surface area contributed by atoms with E-state index >= 15 is 0 Å². The van der Waals surface area contributed by atoms with Crippen molar-refractivity contribution < 1.29 is 0 Å². The molecule has 3 rings (SSSR count). The Morgan fingerprint density at radius 3 is 2.52 bits per heavy atom. The lowest BCUT2D eigenvalue weighted by Gasteiger charge is -2.18. The number of allylic oxidation sites excluding steroid dienone is 2. The SMILES string of the molecule is CCc1c(Sc2ccccc2)n(CC2CC=CC2)c(=O)[nH]c1=O. The van der Waals surface area contributed by atoms with Gasteiger partial charge in [0.15, 0.2) is 0 Å². The predicted octanol–water partition coefficient (Wildman–Crippen LogP) is 3.22. The van der Waals surface area contributed by atoms with Crippen LogP contribution in [0.25, 0.3) is 0 Å². The molecule has 0 unspecified atom stereocenters. The molecule has 1 N–H and O–H groups in total. The number of benzene rings is 1. The maximum atomic E-state index is 12.4. The molecule has 0 saturated carbocycles. The van der Waals surface area contributed by atoms with Crippen LogP contribution in [-0.4, -0.2) is 9.55 Å². The Balaban J connectivity index is 2.05. The van der Waals surface area contributed by atoms with E-state index in [1.807, 2.05) is 37.3 Å². The Morgan fingerprint density at radius 2 is 1.87 bits per heavy atom. The molecule has 0 bridgehead atoms. The quantitative estimate of drug-likeness (QED) is 0.677. The summed E-state index contributed by atoms with van der Waals surface area (Å²) < 4.78 is 1.75. The Bertz CT molecular complexity index is 813. The van der Waals surface area contributed by atoms with Crippen LogP contribution in [0.2, 0.25) is 0 Å². The van der Waals surface area contributed by atoms with E-state index in [1.165, 1.54) is 11.8 Å². The van der Waals surface area contributed by atoms with Gasteiger partial charge in [0.1, 0.15) is 0 Å². The van der Waals surface area contributed by atoms with Gasteiger partial charge in [-0.3, -0.25) is 14.3 Å². The number of hydrogen-bond donors (Lipinski definition) is 1. The third-order valence-electron chi connectivity index (χ3n) is 4.10. The van der Waals surface area contributed by atoms with E-state index in [2.05, 4.69) is 17.1 Å². The first-order valence-corrected chi connectivity index (χ1v) is 8.74. The predicted molar refractivity (Wildman–Crippen MR) is 93.1 cm³/mol. The van der Waals surface area contributed by atoms with E-state index in [0.717, 1.165) is 22.8 Å². The van der Waals surface area contributed by atoms with E-state index < -0.39 is 0 Å². The Kier molecular flexibility index (Phi) is 4.86. The first-order chi connectivity index (χ1) is 11.2. The molecule has 0 radical (unpaired) electrons. The van der Waals surface area contributed by atoms with Gasteiger partial charge < -0.3 is 0 Å². The molecule has 0 amide bonds. The molecular formula is C18H20N2O2S. The number of H-pyrrole nitrogens is 1. The molecular weight excluding hydrogens is 308 g/mol. The highest BCUT2D eigenvalue weighted by Crippen LogP contribution is 2.30. The van der Waals surface area contributed by atoms with Crippen molar-refractivity contribution in [2.45, 2.75) is 42.7 Å². The van der Waals surface area contributed by atoms with Crippen LogP contribution in [0.3, 0.4) is 0 Å². The lowest BCUT2D eigenvalue weighted by atomic mass is 10.1. The smallest absolute Gasteiger partial charge is 0.287 e. The zero-order valence-electron chi connectivity index (χ0n) is 13.1. The molecule has 1 aromatic heterocycles. The number of nitrogens with one attached hydrogen (secondary N) is 1. The Morgan fingerprint density at radius 1 is 1.17 bits per heavy atom. The molecule has 1 aliphatic carbocycles. The van der Waals surface area contributed by atoms with Gasteiger partial charge in [-0.25, -0.2) is 4.79 Å². The second-order valence-electron chi connectivity index (χ2n) is 5.73. The van der Waals surface area contributed by atoms with Gasteiger partial charge in [-0.15, -0.1) is 0 Å². The van der Waals surface area contributed by atoms with Crippen LogP contribution in [0.1, 0.15) is 25.3 Å². The van der Waals surface area contributed by atoms with Gasteiger partial charge in [0.05, 0.1) is 5.03 Å². The highest BCUT2D eigenvalue weighted by atomic mass is 32.2. The molecule has 0 atom stereocenters. The summed E-state index contributed by atoms with van der Waals surface area (Å²) >= 11 is 1.50. The van der Waals surface area contributed by atoms with Crippen molar-refractivity contribution >= 4 is 11.8 Å². The van der Waals surface area contributed by atoms with E-state index in [4.69, 9.17) is 0 Å². The average molecular weight is 328 g/mol. The fraction of sp³-hybridized carbons (Fsp3) is 0.333. The molecule has 0 fully saturated rings. The largest absolute Gasteiger partial charge is 0.329 e. The molecule has 1 aliphatic rings. The molecule has 23 heavy (non-hydrogen) atoms. The van der Waals surface area contributed by atoms with Gasteiger partial charge >= 0.3 is 5.69 Å². The van der Waals surface area contributed by atoms with Crippen LogP contribution in [0.15, 0.2) is 62.0 Å². The van der Waals surface area contributed by atoms with Crippen molar-refractivity contribution in [2.24, 2.45) is 5.92 Å². The van der Waals surface area contributed by atoms with Gasteiger partial charge in [-0.05, 0) is 37.3 Å². The van der Waals surface area contributed by atoms with Crippen LogP contribution in [-0.2, 0) is 13.0 Å². The van der Waals surface area contributed by atoms with Gasteiger partial charge in [0.25, 0.3) is 5.56 Å². The summed E-state index contributed by atoms with van der Waals surface area (Å²) in [5, 5.41) is 0.777. The zero-order chi connectivity index (χ0) is 16.2. The number of rotatable bonds is 5. The normalized spacial score (nSPS) is 14.5. The third-order valence-corrected chi connectivity index (χ3v) is 5.27. The highest BCUT2D eigenvalue weighted by Gasteiger charge is 2.19. The van der Waals surface area contributed by atoms with Gasteiger partial charge in [-0.2, -0.15) is 0 Å². The molecule has 2 aromatic rings. The fourth-order valence-corrected chi connectivity index (χ4v) is 4.01. The van der Waals surface area contributed by atoms with Crippen molar-refractivity contribution in [3.63, 3.8) is 0 Å². The minimum atomic E-state index is -0.308. The molecule has 0 aliphatic heterocycles. The summed E-state index contributed by atoms with van der Waals surface area (Å²) in [4.78, 5) is 28.1. The maximum absolute atomic E-state index is 12.4. The summed E-state index contributed by atoms with van der Waals surface area (Å²) in [6.07, 6.45) is 6.90. The summed E-state index contributed by atoms with van der Waals surface area (Å²) in [5.74, 6) is 0.429. The Labute approximate surface area is 139 Å². The van der Waals surface area contributed by atoms with Crippen molar-refractivity contribution in [1.29, 1.82) is 0 Å². The van der Waals surface area contributed by atoms with Crippen LogP contribution >= 0.6 is 11.8 Å². The first kappa shape index (κ1) is 15.9. The van der Waals surface area contributed by atoms with Gasteiger partial charge in [0, 0.05) is 17.0 Å². The van der Waals surface area contributed by atoms with Crippen LogP contribution < -0.4 is 11.2 Å². The Hall–Kier alpha value is -2.01. The summed E-state index contributed by atoms with van der Waals surface area (Å²) in [6, 6.07) is 9.88. The standard InChI is InChI=1S/C18H20N2O2S/c1-2-15-16(21)19-18(22)20(12-13-8-6-7-9-13)17(15)23-14-10-4-3-5-11-14/h3-7,10-11,13H,2,8-9,12H2,1H3,(H,19,21,22). The number of aromatic nitrogens is 2. The summed E-state index contributed by atoms with van der Waals surface area (Å²) in [6.45, 7) is 2.59. The summed E-state index contributed by atoms with van der Waals surface area (Å²) in [5.41, 5.74) is 0.110. The first-order valence-electron chi connectivity index (χ1n) is 7.93. The van der Waals surface area contributed by atoms with Gasteiger partial charge in [0.2, 0.25) is 0 Å². The summed E-state index contributed by atoms with van der Waals surface area (Å²) in [7, 11) is 0. The fourth-order valence-electron chi connectivity index (χ4n) is 2.87. The van der Waals surface area contributed by atoms with E-state index in [1.54, 1.807) is 4.57 Å². The van der Waals surface area contributed by atoms with E-state index in [0.29, 0.717) is 24.4 Å². The number of nitrogens with zero attached hydrogens (tertiary/aromatic N) is 1. The van der Waals surface area contributed by atoms with Gasteiger partial charge in [-0.1, -0.05) is 49.0 Å². The molecule has 1 heterocycles. The van der Waals surface area contributed by atoms with E-state index in [-0.39, 0.29) is 11.2 Å². The highest BCUT2D eigenvalue weighted by molar-refractivity contribution is 7.99. The lowest BCUT2D eigenvalue weighted by molar-refractivity contribution is 0.430. The van der Waals surface area contributed by atoms with Crippen molar-refractivity contribution in [3.8, 4) is 0 Å². The molecule has 120 valence electrons. The van der Waals surface area contributed by atoms with E-state index in [9.17, 15) is 9.59 Å². The topological polar surface area (TPSA) is 54.9 Å². The minimum absolute atomic E-state index is 0.267. The molecule has 4 nitrogen and oxygen atoms in total. The minimum Gasteiger partial charge on any atom is -0.287 e. The third kappa shape index (κ3) is 3.50. The molecule has 1 aromatic carbocycles.